The third kappa shape index (κ3) is 4.11. The highest BCUT2D eigenvalue weighted by atomic mass is 16.2. The Labute approximate surface area is 167 Å². The summed E-state index contributed by atoms with van der Waals surface area (Å²) in [7, 11) is 0. The van der Waals surface area contributed by atoms with Crippen molar-refractivity contribution < 1.29 is 9.59 Å². The van der Waals surface area contributed by atoms with Crippen molar-refractivity contribution in [2.75, 3.05) is 10.6 Å². The van der Waals surface area contributed by atoms with Crippen LogP contribution in [0.5, 0.6) is 0 Å². The lowest BCUT2D eigenvalue weighted by Gasteiger charge is -2.10. The monoisotopic (exact) mass is 382 g/mol. The molecule has 0 unspecified atom stereocenters. The van der Waals surface area contributed by atoms with Gasteiger partial charge in [0.15, 0.2) is 5.78 Å². The zero-order valence-corrected chi connectivity index (χ0v) is 15.7. The molecule has 0 bridgehead atoms. The first-order chi connectivity index (χ1) is 14.1. The molecule has 6 heteroatoms. The van der Waals surface area contributed by atoms with Crippen molar-refractivity contribution in [3.8, 4) is 0 Å². The maximum atomic E-state index is 12.5. The second-order valence-corrected chi connectivity index (χ2v) is 6.53. The average Bonchev–Trinajstić information content (AvgIpc) is 2.75. The van der Waals surface area contributed by atoms with Crippen LogP contribution in [0, 0.1) is 0 Å². The number of hydrogen-bond acceptors (Lipinski definition) is 5. The highest BCUT2D eigenvalue weighted by Gasteiger charge is 2.10. The van der Waals surface area contributed by atoms with E-state index in [9.17, 15) is 9.59 Å². The Morgan fingerprint density at radius 3 is 2.48 bits per heavy atom. The number of fused-ring (bicyclic) bond motifs is 1. The second kappa shape index (κ2) is 7.90. The van der Waals surface area contributed by atoms with Gasteiger partial charge in [-0.2, -0.15) is 0 Å². The van der Waals surface area contributed by atoms with Crippen LogP contribution in [0.2, 0.25) is 0 Å². The first-order valence-electron chi connectivity index (χ1n) is 9.09. The second-order valence-electron chi connectivity index (χ2n) is 6.53. The smallest absolute Gasteiger partial charge is 0.274 e. The quantitative estimate of drug-likeness (QED) is 0.483. The van der Waals surface area contributed by atoms with Gasteiger partial charge in [0.2, 0.25) is 0 Å². The number of carbonyl (C=O) groups is 2. The van der Waals surface area contributed by atoms with E-state index in [2.05, 4.69) is 20.6 Å². The Morgan fingerprint density at radius 1 is 0.862 bits per heavy atom. The number of nitrogens with one attached hydrogen (secondary N) is 2. The highest BCUT2D eigenvalue weighted by Crippen LogP contribution is 2.24. The lowest BCUT2D eigenvalue weighted by atomic mass is 10.1. The molecule has 142 valence electrons. The van der Waals surface area contributed by atoms with E-state index >= 15 is 0 Å². The van der Waals surface area contributed by atoms with Crippen molar-refractivity contribution in [1.29, 1.82) is 0 Å². The summed E-state index contributed by atoms with van der Waals surface area (Å²) in [6, 6.07) is 20.0. The molecule has 2 aromatic carbocycles. The van der Waals surface area contributed by atoms with Crippen molar-refractivity contribution in [2.45, 2.75) is 6.92 Å². The molecule has 29 heavy (non-hydrogen) atoms. The average molecular weight is 382 g/mol. The zero-order chi connectivity index (χ0) is 20.2. The maximum Gasteiger partial charge on any atom is 0.274 e. The molecule has 0 spiro atoms. The number of rotatable bonds is 5. The van der Waals surface area contributed by atoms with Crippen LogP contribution < -0.4 is 10.6 Å². The summed E-state index contributed by atoms with van der Waals surface area (Å²) in [5.41, 5.74) is 3.84. The Bertz CT molecular complexity index is 1200. The number of amides is 1. The molecular weight excluding hydrogens is 364 g/mol. The summed E-state index contributed by atoms with van der Waals surface area (Å²) < 4.78 is 0. The number of aromatic nitrogens is 2. The van der Waals surface area contributed by atoms with E-state index in [-0.39, 0.29) is 17.4 Å². The molecule has 2 heterocycles. The molecule has 6 nitrogen and oxygen atoms in total. The van der Waals surface area contributed by atoms with Gasteiger partial charge in [-0.05, 0) is 43.3 Å². The van der Waals surface area contributed by atoms with Gasteiger partial charge in [0.1, 0.15) is 5.69 Å². The predicted molar refractivity (Wildman–Crippen MR) is 114 cm³/mol. The summed E-state index contributed by atoms with van der Waals surface area (Å²) in [6.45, 7) is 1.49. The van der Waals surface area contributed by atoms with Crippen LogP contribution in [0.15, 0.2) is 79.1 Å². The minimum atomic E-state index is -0.343. The number of pyridine rings is 2. The van der Waals surface area contributed by atoms with Crippen LogP contribution in [0.3, 0.4) is 0 Å². The first-order valence-corrected chi connectivity index (χ1v) is 9.09. The number of hydrogen-bond donors (Lipinski definition) is 2. The fourth-order valence-corrected chi connectivity index (χ4v) is 2.97. The van der Waals surface area contributed by atoms with E-state index in [1.165, 1.54) is 6.92 Å². The fourth-order valence-electron chi connectivity index (χ4n) is 2.97. The van der Waals surface area contributed by atoms with E-state index < -0.39 is 0 Å². The van der Waals surface area contributed by atoms with Crippen LogP contribution in [0.1, 0.15) is 27.8 Å². The SMILES string of the molecule is CC(=O)c1cccc(NC(=O)c2ccc(Nc3cccc4cccnc34)cn2)c1. The van der Waals surface area contributed by atoms with Crippen LogP contribution in [0.25, 0.3) is 10.9 Å². The summed E-state index contributed by atoms with van der Waals surface area (Å²) >= 11 is 0. The van der Waals surface area contributed by atoms with E-state index in [4.69, 9.17) is 0 Å². The number of nitrogens with zero attached hydrogens (tertiary/aromatic N) is 2. The maximum absolute atomic E-state index is 12.5. The molecule has 4 aromatic rings. The van der Waals surface area contributed by atoms with E-state index in [0.717, 1.165) is 22.3 Å². The van der Waals surface area contributed by atoms with Crippen molar-refractivity contribution in [2.24, 2.45) is 0 Å². The Balaban J connectivity index is 1.49. The lowest BCUT2D eigenvalue weighted by molar-refractivity contribution is 0.100. The predicted octanol–water partition coefficient (Wildman–Crippen LogP) is 4.83. The molecular formula is C23H18N4O2. The van der Waals surface area contributed by atoms with Crippen LogP contribution in [-0.4, -0.2) is 21.7 Å². The molecule has 0 radical (unpaired) electrons. The van der Waals surface area contributed by atoms with Gasteiger partial charge in [0, 0.05) is 22.8 Å². The third-order valence-electron chi connectivity index (χ3n) is 4.43. The summed E-state index contributed by atoms with van der Waals surface area (Å²) in [5, 5.41) is 7.09. The third-order valence-corrected chi connectivity index (χ3v) is 4.43. The van der Waals surface area contributed by atoms with Gasteiger partial charge in [-0.1, -0.05) is 30.3 Å². The van der Waals surface area contributed by atoms with Crippen molar-refractivity contribution >= 4 is 39.7 Å². The molecule has 0 fully saturated rings. The normalized spacial score (nSPS) is 10.5. The van der Waals surface area contributed by atoms with Crippen LogP contribution in [0.4, 0.5) is 17.1 Å². The molecule has 4 rings (SSSR count). The molecule has 0 atom stereocenters. The number of para-hydroxylation sites is 1. The minimum absolute atomic E-state index is 0.0578. The van der Waals surface area contributed by atoms with Crippen LogP contribution >= 0.6 is 0 Å². The van der Waals surface area contributed by atoms with E-state index in [1.807, 2.05) is 30.3 Å². The van der Waals surface area contributed by atoms with E-state index in [0.29, 0.717) is 11.3 Å². The van der Waals surface area contributed by atoms with Crippen molar-refractivity contribution in [3.63, 3.8) is 0 Å². The number of carbonyl (C=O) groups excluding carboxylic acids is 2. The molecule has 1 amide bonds. The van der Waals surface area contributed by atoms with Crippen LogP contribution in [-0.2, 0) is 0 Å². The zero-order valence-electron chi connectivity index (χ0n) is 15.7. The number of Topliss-reactive ketones (excluding diaryl/α,β-unsaturated/α-hetero) is 1. The van der Waals surface area contributed by atoms with Gasteiger partial charge >= 0.3 is 0 Å². The first kappa shape index (κ1) is 18.3. The van der Waals surface area contributed by atoms with Crippen molar-refractivity contribution in [3.05, 3.63) is 90.4 Å². The largest absolute Gasteiger partial charge is 0.352 e. The Hall–Kier alpha value is -4.06. The lowest BCUT2D eigenvalue weighted by Crippen LogP contribution is -2.14. The fraction of sp³-hybridized carbons (Fsp3) is 0.0435. The minimum Gasteiger partial charge on any atom is -0.352 e. The van der Waals surface area contributed by atoms with Gasteiger partial charge in [-0.15, -0.1) is 0 Å². The number of anilines is 3. The molecule has 0 aliphatic heterocycles. The summed E-state index contributed by atoms with van der Waals surface area (Å²) in [6.07, 6.45) is 3.35. The molecule has 2 N–H and O–H groups in total. The van der Waals surface area contributed by atoms with Gasteiger partial charge in [-0.3, -0.25) is 14.6 Å². The molecule has 0 saturated carbocycles. The standard InChI is InChI=1S/C23H18N4O2/c1-15(28)17-6-2-8-18(13-17)27-23(29)21-11-10-19(14-25-21)26-20-9-3-5-16-7-4-12-24-22(16)20/h2-14,26H,1H3,(H,27,29). The highest BCUT2D eigenvalue weighted by molar-refractivity contribution is 6.04. The molecule has 0 saturated heterocycles. The Morgan fingerprint density at radius 2 is 1.69 bits per heavy atom. The summed E-state index contributed by atoms with van der Waals surface area (Å²) in [4.78, 5) is 32.6. The Kier molecular flexibility index (Phi) is 4.99. The topological polar surface area (TPSA) is 84.0 Å². The molecule has 0 aliphatic carbocycles. The van der Waals surface area contributed by atoms with Crippen molar-refractivity contribution in [1.82, 2.24) is 9.97 Å². The summed E-state index contributed by atoms with van der Waals surface area (Å²) in [5.74, 6) is -0.401. The molecule has 2 aromatic heterocycles. The molecule has 0 aliphatic rings. The van der Waals surface area contributed by atoms with E-state index in [1.54, 1.807) is 48.8 Å². The van der Waals surface area contributed by atoms with Gasteiger partial charge in [0.05, 0.1) is 23.1 Å². The number of ketones is 1. The van der Waals surface area contributed by atoms with Gasteiger partial charge < -0.3 is 10.6 Å². The number of benzene rings is 2. The van der Waals surface area contributed by atoms with Gasteiger partial charge in [-0.25, -0.2) is 4.98 Å². The van der Waals surface area contributed by atoms with Gasteiger partial charge in [0.25, 0.3) is 5.91 Å².